The molecule has 1 aromatic heterocycles. The molecule has 5 nitrogen and oxygen atoms in total. The van der Waals surface area contributed by atoms with Crippen LogP contribution in [-0.2, 0) is 17.9 Å². The van der Waals surface area contributed by atoms with E-state index < -0.39 is 0 Å². The minimum atomic E-state index is 0.201. The van der Waals surface area contributed by atoms with Crippen molar-refractivity contribution in [3.05, 3.63) is 53.6 Å². The van der Waals surface area contributed by atoms with Crippen molar-refractivity contribution < 1.29 is 9.47 Å². The molecular formula is C20H21N3O2. The predicted octanol–water partition coefficient (Wildman–Crippen LogP) is 3.64. The van der Waals surface area contributed by atoms with Crippen LogP contribution < -0.4 is 10.5 Å². The summed E-state index contributed by atoms with van der Waals surface area (Å²) in [5.74, 6) is 0.748. The largest absolute Gasteiger partial charge is 0.497 e. The summed E-state index contributed by atoms with van der Waals surface area (Å²) in [5, 5.41) is 10.7. The molecule has 3 aromatic rings. The van der Waals surface area contributed by atoms with E-state index >= 15 is 0 Å². The fourth-order valence-electron chi connectivity index (χ4n) is 3.14. The highest BCUT2D eigenvalue weighted by Crippen LogP contribution is 2.35. The van der Waals surface area contributed by atoms with Crippen LogP contribution in [0, 0.1) is 11.3 Å². The highest BCUT2D eigenvalue weighted by Gasteiger charge is 2.18. The van der Waals surface area contributed by atoms with Crippen molar-refractivity contribution in [3.8, 4) is 23.1 Å². The number of rotatable bonds is 6. The van der Waals surface area contributed by atoms with Gasteiger partial charge in [-0.15, -0.1) is 0 Å². The smallest absolute Gasteiger partial charge is 0.119 e. The van der Waals surface area contributed by atoms with Gasteiger partial charge in [-0.25, -0.2) is 0 Å². The van der Waals surface area contributed by atoms with Gasteiger partial charge in [-0.1, -0.05) is 24.3 Å². The Morgan fingerprint density at radius 1 is 1.16 bits per heavy atom. The van der Waals surface area contributed by atoms with Gasteiger partial charge in [0.05, 0.1) is 37.2 Å². The van der Waals surface area contributed by atoms with E-state index in [9.17, 15) is 5.26 Å². The number of benzene rings is 2. The topological polar surface area (TPSA) is 73.2 Å². The van der Waals surface area contributed by atoms with Crippen molar-refractivity contribution in [3.63, 3.8) is 0 Å². The number of aryl methyl sites for hydroxylation is 1. The van der Waals surface area contributed by atoms with E-state index in [0.717, 1.165) is 40.0 Å². The van der Waals surface area contributed by atoms with Crippen molar-refractivity contribution in [2.45, 2.75) is 20.1 Å². The maximum atomic E-state index is 9.78. The maximum Gasteiger partial charge on any atom is 0.119 e. The Balaban J connectivity index is 2.16. The van der Waals surface area contributed by atoms with Gasteiger partial charge in [0.2, 0.25) is 0 Å². The molecule has 0 amide bonds. The predicted molar refractivity (Wildman–Crippen MR) is 98.2 cm³/mol. The molecule has 5 heteroatoms. The van der Waals surface area contributed by atoms with Crippen LogP contribution in [0.15, 0.2) is 42.5 Å². The summed E-state index contributed by atoms with van der Waals surface area (Å²) in [6, 6.07) is 16.3. The van der Waals surface area contributed by atoms with E-state index in [1.165, 1.54) is 0 Å². The van der Waals surface area contributed by atoms with Crippen LogP contribution in [0.4, 0.5) is 0 Å². The number of hydrogen-bond donors (Lipinski definition) is 1. The number of methoxy groups -OCH3 is 1. The zero-order valence-corrected chi connectivity index (χ0v) is 14.5. The van der Waals surface area contributed by atoms with Crippen LogP contribution in [0.25, 0.3) is 22.2 Å². The molecule has 0 saturated carbocycles. The summed E-state index contributed by atoms with van der Waals surface area (Å²) in [5.41, 5.74) is 10.1. The van der Waals surface area contributed by atoms with Gasteiger partial charge < -0.3 is 19.8 Å². The molecule has 3 rings (SSSR count). The highest BCUT2D eigenvalue weighted by atomic mass is 16.5. The summed E-state index contributed by atoms with van der Waals surface area (Å²) in [6.45, 7) is 3.54. The minimum absolute atomic E-state index is 0.201. The number of aromatic nitrogens is 1. The quantitative estimate of drug-likeness (QED) is 0.698. The molecule has 1 heterocycles. The number of nitrogens with zero attached hydrogens (tertiary/aromatic N) is 2. The summed E-state index contributed by atoms with van der Waals surface area (Å²) < 4.78 is 12.7. The van der Waals surface area contributed by atoms with E-state index in [4.69, 9.17) is 15.2 Å². The molecule has 0 spiro atoms. The first kappa shape index (κ1) is 17.0. The van der Waals surface area contributed by atoms with Crippen molar-refractivity contribution in [1.29, 1.82) is 5.26 Å². The second-order valence-corrected chi connectivity index (χ2v) is 5.67. The van der Waals surface area contributed by atoms with Crippen molar-refractivity contribution in [2.24, 2.45) is 5.73 Å². The number of nitriles is 1. The SMILES string of the molecule is CCn1c(-c2ccc(COCN)cc2)c(C#N)c2cc(OC)ccc21. The molecule has 128 valence electrons. The van der Waals surface area contributed by atoms with Gasteiger partial charge in [0.15, 0.2) is 0 Å². The molecule has 0 aliphatic heterocycles. The first-order chi connectivity index (χ1) is 12.2. The maximum absolute atomic E-state index is 9.78. The molecular weight excluding hydrogens is 314 g/mol. The Bertz CT molecular complexity index is 921. The summed E-state index contributed by atoms with van der Waals surface area (Å²) in [4.78, 5) is 0. The summed E-state index contributed by atoms with van der Waals surface area (Å²) in [6.07, 6.45) is 0. The number of fused-ring (bicyclic) bond motifs is 1. The average molecular weight is 335 g/mol. The molecule has 2 aromatic carbocycles. The molecule has 0 saturated heterocycles. The van der Waals surface area contributed by atoms with Crippen LogP contribution in [0.1, 0.15) is 18.1 Å². The molecule has 0 fully saturated rings. The lowest BCUT2D eigenvalue weighted by Gasteiger charge is -2.10. The fourth-order valence-corrected chi connectivity index (χ4v) is 3.14. The van der Waals surface area contributed by atoms with E-state index in [-0.39, 0.29) is 6.73 Å². The van der Waals surface area contributed by atoms with Crippen molar-refractivity contribution in [1.82, 2.24) is 4.57 Å². The minimum Gasteiger partial charge on any atom is -0.497 e. The van der Waals surface area contributed by atoms with Crippen molar-refractivity contribution >= 4 is 10.9 Å². The van der Waals surface area contributed by atoms with Crippen molar-refractivity contribution in [2.75, 3.05) is 13.8 Å². The third kappa shape index (κ3) is 3.10. The lowest BCUT2D eigenvalue weighted by Crippen LogP contribution is -2.04. The number of nitrogens with two attached hydrogens (primary N) is 1. The molecule has 2 N–H and O–H groups in total. The first-order valence-electron chi connectivity index (χ1n) is 8.21. The second-order valence-electron chi connectivity index (χ2n) is 5.67. The first-order valence-corrected chi connectivity index (χ1v) is 8.21. The monoisotopic (exact) mass is 335 g/mol. The lowest BCUT2D eigenvalue weighted by atomic mass is 10.0. The molecule has 0 unspecified atom stereocenters. The van der Waals surface area contributed by atoms with Gasteiger partial charge in [0.25, 0.3) is 0 Å². The Kier molecular flexibility index (Phi) is 5.03. The Morgan fingerprint density at radius 3 is 2.52 bits per heavy atom. The van der Waals surface area contributed by atoms with Gasteiger partial charge in [0.1, 0.15) is 11.8 Å². The highest BCUT2D eigenvalue weighted by molar-refractivity contribution is 5.95. The van der Waals surface area contributed by atoms with Gasteiger partial charge >= 0.3 is 0 Å². The zero-order chi connectivity index (χ0) is 17.8. The molecule has 0 atom stereocenters. The summed E-state index contributed by atoms with van der Waals surface area (Å²) in [7, 11) is 1.63. The molecule has 25 heavy (non-hydrogen) atoms. The van der Waals surface area contributed by atoms with Gasteiger partial charge in [0, 0.05) is 11.9 Å². The number of hydrogen-bond acceptors (Lipinski definition) is 4. The Hall–Kier alpha value is -2.81. The third-order valence-corrected chi connectivity index (χ3v) is 4.31. The fraction of sp³-hybridized carbons (Fsp3) is 0.250. The lowest BCUT2D eigenvalue weighted by molar-refractivity contribution is 0.127. The molecule has 0 aliphatic carbocycles. The second kappa shape index (κ2) is 7.39. The van der Waals surface area contributed by atoms with E-state index in [2.05, 4.69) is 17.6 Å². The normalized spacial score (nSPS) is 10.8. The van der Waals surface area contributed by atoms with Crippen LogP contribution in [-0.4, -0.2) is 18.4 Å². The molecule has 0 bridgehead atoms. The molecule has 0 radical (unpaired) electrons. The van der Waals surface area contributed by atoms with Crippen LogP contribution in [0.3, 0.4) is 0 Å². The number of ether oxygens (including phenoxy) is 2. The Morgan fingerprint density at radius 2 is 1.92 bits per heavy atom. The van der Waals surface area contributed by atoms with Gasteiger partial charge in [-0.05, 0) is 36.2 Å². The van der Waals surface area contributed by atoms with Gasteiger partial charge in [-0.2, -0.15) is 5.26 Å². The molecule has 0 aliphatic rings. The Labute approximate surface area is 147 Å². The van der Waals surface area contributed by atoms with E-state index in [1.54, 1.807) is 7.11 Å². The van der Waals surface area contributed by atoms with Gasteiger partial charge in [-0.3, -0.25) is 0 Å². The van der Waals surface area contributed by atoms with Crippen LogP contribution in [0.2, 0.25) is 0 Å². The van der Waals surface area contributed by atoms with E-state index in [1.807, 2.05) is 42.5 Å². The van der Waals surface area contributed by atoms with Crippen LogP contribution in [0.5, 0.6) is 5.75 Å². The third-order valence-electron chi connectivity index (χ3n) is 4.31. The zero-order valence-electron chi connectivity index (χ0n) is 14.5. The summed E-state index contributed by atoms with van der Waals surface area (Å²) >= 11 is 0. The average Bonchev–Trinajstić information content (AvgIpc) is 2.99. The van der Waals surface area contributed by atoms with E-state index in [0.29, 0.717) is 12.2 Å². The standard InChI is InChI=1S/C20H21N3O2/c1-3-23-19-9-8-16(24-2)10-17(19)18(11-21)20(23)15-6-4-14(5-7-15)12-25-13-22/h4-10H,3,12-13,22H2,1-2H3. The van der Waals surface area contributed by atoms with Crippen LogP contribution >= 0.6 is 0 Å².